The third-order valence-electron chi connectivity index (χ3n) is 3.45. The van der Waals surface area contributed by atoms with Crippen LogP contribution in [0.25, 0.3) is 10.2 Å². The third-order valence-corrected chi connectivity index (χ3v) is 4.89. The van der Waals surface area contributed by atoms with Crippen molar-refractivity contribution >= 4 is 39.9 Å². The molecule has 1 aliphatic heterocycles. The zero-order chi connectivity index (χ0) is 15.1. The van der Waals surface area contributed by atoms with Crippen LogP contribution in [0.3, 0.4) is 0 Å². The number of thiophene rings is 1. The van der Waals surface area contributed by atoms with E-state index in [0.29, 0.717) is 36.3 Å². The van der Waals surface area contributed by atoms with E-state index in [-0.39, 0.29) is 16.4 Å². The van der Waals surface area contributed by atoms with Crippen molar-refractivity contribution in [3.8, 4) is 0 Å². The van der Waals surface area contributed by atoms with Crippen LogP contribution in [0.2, 0.25) is 0 Å². The molecule has 21 heavy (non-hydrogen) atoms. The van der Waals surface area contributed by atoms with Crippen LogP contribution in [-0.2, 0) is 17.7 Å². The molecule has 7 nitrogen and oxygen atoms in total. The summed E-state index contributed by atoms with van der Waals surface area (Å²) in [6.07, 6.45) is 0.276. The average molecular weight is 326 g/mol. The Balaban J connectivity index is 2.07. The highest BCUT2D eigenvalue weighted by atomic mass is 32.1. The number of hydrogen-bond acceptors (Lipinski definition) is 6. The van der Waals surface area contributed by atoms with Crippen molar-refractivity contribution in [2.24, 2.45) is 0 Å². The Kier molecular flexibility index (Phi) is 3.46. The van der Waals surface area contributed by atoms with E-state index in [1.807, 2.05) is 0 Å². The van der Waals surface area contributed by atoms with Crippen LogP contribution in [-0.4, -0.2) is 33.8 Å². The minimum Gasteiger partial charge on any atom is -0.450 e. The van der Waals surface area contributed by atoms with Gasteiger partial charge >= 0.3 is 6.09 Å². The summed E-state index contributed by atoms with van der Waals surface area (Å²) >= 11 is 6.45. The minimum atomic E-state index is -0.329. The SMILES string of the molecule is CCOC(=O)N1CCc2c(sc3[nH]c(=S)n(N)c(=O)c23)C1. The normalized spacial score (nSPS) is 14.2. The van der Waals surface area contributed by atoms with Gasteiger partial charge in [-0.25, -0.2) is 4.79 Å². The number of nitrogens with two attached hydrogens (primary N) is 1. The first-order valence-corrected chi connectivity index (χ1v) is 7.71. The highest BCUT2D eigenvalue weighted by Gasteiger charge is 2.26. The van der Waals surface area contributed by atoms with E-state index < -0.39 is 0 Å². The smallest absolute Gasteiger partial charge is 0.410 e. The Hall–Kier alpha value is -1.87. The third kappa shape index (κ3) is 2.22. The summed E-state index contributed by atoms with van der Waals surface area (Å²) in [5.41, 5.74) is 0.654. The molecule has 0 aliphatic carbocycles. The number of hydrogen-bond donors (Lipinski definition) is 2. The number of H-pyrrole nitrogens is 1. The van der Waals surface area contributed by atoms with E-state index in [1.165, 1.54) is 11.3 Å². The van der Waals surface area contributed by atoms with Crippen molar-refractivity contribution in [1.82, 2.24) is 14.6 Å². The summed E-state index contributed by atoms with van der Waals surface area (Å²) < 4.78 is 6.15. The second-order valence-corrected chi connectivity index (χ2v) is 6.18. The maximum Gasteiger partial charge on any atom is 0.410 e. The summed E-state index contributed by atoms with van der Waals surface area (Å²) in [5, 5.41) is 0.578. The van der Waals surface area contributed by atoms with E-state index in [9.17, 15) is 9.59 Å². The molecule has 3 heterocycles. The number of aromatic amines is 1. The van der Waals surface area contributed by atoms with Gasteiger partial charge in [0.2, 0.25) is 0 Å². The van der Waals surface area contributed by atoms with Crippen LogP contribution in [0.15, 0.2) is 4.79 Å². The van der Waals surface area contributed by atoms with Crippen molar-refractivity contribution in [2.75, 3.05) is 19.0 Å². The number of nitrogens with zero attached hydrogens (tertiary/aromatic N) is 2. The number of ether oxygens (including phenoxy) is 1. The van der Waals surface area contributed by atoms with Gasteiger partial charge in [-0.05, 0) is 31.1 Å². The monoisotopic (exact) mass is 326 g/mol. The van der Waals surface area contributed by atoms with E-state index in [4.69, 9.17) is 22.8 Å². The summed E-state index contributed by atoms with van der Waals surface area (Å²) in [5.74, 6) is 5.64. The molecule has 0 aromatic carbocycles. The highest BCUT2D eigenvalue weighted by molar-refractivity contribution is 7.71. The average Bonchev–Trinajstić information content (AvgIpc) is 2.82. The fourth-order valence-corrected chi connectivity index (χ4v) is 3.96. The standard InChI is InChI=1S/C12H14N4O3S2/c1-2-19-12(18)15-4-3-6-7(5-15)21-9-8(6)10(17)16(13)11(20)14-9/h2-5,13H2,1H3,(H,14,20). The lowest BCUT2D eigenvalue weighted by Crippen LogP contribution is -2.36. The van der Waals surface area contributed by atoms with Gasteiger partial charge in [0.05, 0.1) is 18.5 Å². The Bertz CT molecular complexity index is 835. The van der Waals surface area contributed by atoms with Crippen molar-refractivity contribution in [3.05, 3.63) is 25.6 Å². The van der Waals surface area contributed by atoms with Crippen LogP contribution >= 0.6 is 23.6 Å². The molecular weight excluding hydrogens is 312 g/mol. The molecule has 3 rings (SSSR count). The van der Waals surface area contributed by atoms with Crippen LogP contribution in [0.5, 0.6) is 0 Å². The second-order valence-electron chi connectivity index (χ2n) is 4.68. The summed E-state index contributed by atoms with van der Waals surface area (Å²) in [6, 6.07) is 0. The molecule has 9 heteroatoms. The van der Waals surface area contributed by atoms with Crippen LogP contribution in [0, 0.1) is 4.77 Å². The molecule has 2 aromatic heterocycles. The quantitative estimate of drug-likeness (QED) is 0.609. The fraction of sp³-hybridized carbons (Fsp3) is 0.417. The summed E-state index contributed by atoms with van der Waals surface area (Å²) in [4.78, 5) is 30.3. The Morgan fingerprint density at radius 2 is 2.33 bits per heavy atom. The molecule has 0 radical (unpaired) electrons. The van der Waals surface area contributed by atoms with Gasteiger partial charge in [-0.15, -0.1) is 11.3 Å². The first-order valence-electron chi connectivity index (χ1n) is 6.49. The molecule has 0 saturated carbocycles. The topological polar surface area (TPSA) is 93.3 Å². The number of fused-ring (bicyclic) bond motifs is 3. The fourth-order valence-electron chi connectivity index (χ4n) is 2.46. The van der Waals surface area contributed by atoms with Crippen molar-refractivity contribution in [2.45, 2.75) is 19.9 Å². The highest BCUT2D eigenvalue weighted by Crippen LogP contribution is 2.32. The van der Waals surface area contributed by atoms with Gasteiger partial charge in [-0.3, -0.25) is 4.79 Å². The number of aromatic nitrogens is 2. The van der Waals surface area contributed by atoms with Crippen molar-refractivity contribution in [3.63, 3.8) is 0 Å². The van der Waals surface area contributed by atoms with Crippen LogP contribution in [0.4, 0.5) is 4.79 Å². The summed E-state index contributed by atoms with van der Waals surface area (Å²) in [7, 11) is 0. The van der Waals surface area contributed by atoms with Crippen LogP contribution < -0.4 is 11.4 Å². The van der Waals surface area contributed by atoms with Gasteiger partial charge in [-0.1, -0.05) is 0 Å². The molecule has 0 atom stereocenters. The zero-order valence-electron chi connectivity index (χ0n) is 11.3. The van der Waals surface area contributed by atoms with Crippen molar-refractivity contribution < 1.29 is 9.53 Å². The van der Waals surface area contributed by atoms with Crippen LogP contribution in [0.1, 0.15) is 17.4 Å². The second kappa shape index (κ2) is 5.15. The molecular formula is C12H14N4O3S2. The lowest BCUT2D eigenvalue weighted by Gasteiger charge is -2.25. The molecule has 0 fully saturated rings. The molecule has 112 valence electrons. The lowest BCUT2D eigenvalue weighted by atomic mass is 10.1. The largest absolute Gasteiger partial charge is 0.450 e. The summed E-state index contributed by atoms with van der Waals surface area (Å²) in [6.45, 7) is 3.09. The Morgan fingerprint density at radius 1 is 1.57 bits per heavy atom. The number of rotatable bonds is 1. The van der Waals surface area contributed by atoms with E-state index in [1.54, 1.807) is 11.8 Å². The Morgan fingerprint density at radius 3 is 3.05 bits per heavy atom. The van der Waals surface area contributed by atoms with Gasteiger partial charge in [0.1, 0.15) is 4.83 Å². The van der Waals surface area contributed by atoms with E-state index in [0.717, 1.165) is 15.1 Å². The zero-order valence-corrected chi connectivity index (χ0v) is 13.0. The molecule has 2 aromatic rings. The maximum absolute atomic E-state index is 12.3. The molecule has 0 bridgehead atoms. The number of carbonyl (C=O) groups is 1. The van der Waals surface area contributed by atoms with Gasteiger partial charge in [0.15, 0.2) is 4.77 Å². The number of amides is 1. The van der Waals surface area contributed by atoms with Crippen molar-refractivity contribution in [1.29, 1.82) is 0 Å². The molecule has 0 unspecified atom stereocenters. The maximum atomic E-state index is 12.3. The van der Waals surface area contributed by atoms with Gasteiger partial charge in [0, 0.05) is 11.4 Å². The molecule has 0 saturated heterocycles. The molecule has 1 amide bonds. The lowest BCUT2D eigenvalue weighted by molar-refractivity contribution is 0.103. The van der Waals surface area contributed by atoms with Gasteiger partial charge < -0.3 is 20.5 Å². The minimum absolute atomic E-state index is 0.188. The first-order chi connectivity index (χ1) is 10.0. The first kappa shape index (κ1) is 14.1. The molecule has 3 N–H and O–H groups in total. The van der Waals surface area contributed by atoms with Gasteiger partial charge in [0.25, 0.3) is 5.56 Å². The molecule has 0 spiro atoms. The number of nitrogen functional groups attached to an aromatic ring is 1. The van der Waals surface area contributed by atoms with Gasteiger partial charge in [-0.2, -0.15) is 4.68 Å². The number of nitrogens with one attached hydrogen (secondary N) is 1. The Labute approximate surface area is 128 Å². The van der Waals surface area contributed by atoms with E-state index >= 15 is 0 Å². The van der Waals surface area contributed by atoms with E-state index in [2.05, 4.69) is 4.98 Å². The molecule has 1 aliphatic rings. The predicted molar refractivity (Wildman–Crippen MR) is 82.6 cm³/mol. The number of carbonyl (C=O) groups excluding carboxylic acids is 1. The predicted octanol–water partition coefficient (Wildman–Crippen LogP) is 1.35.